The molecule has 0 saturated carbocycles. The van der Waals surface area contributed by atoms with Gasteiger partial charge < -0.3 is 10.8 Å². The summed E-state index contributed by atoms with van der Waals surface area (Å²) in [6.45, 7) is 1.90. The molecule has 1 aromatic carbocycles. The summed E-state index contributed by atoms with van der Waals surface area (Å²) in [5.41, 5.74) is 7.32. The Balaban J connectivity index is 2.12. The van der Waals surface area contributed by atoms with Crippen molar-refractivity contribution in [3.63, 3.8) is 0 Å². The van der Waals surface area contributed by atoms with Crippen LogP contribution in [0.15, 0.2) is 18.2 Å². The molecule has 3 nitrogen and oxygen atoms in total. The topological polar surface area (TPSA) is 49.5 Å². The molecule has 0 amide bonds. The number of benzene rings is 1. The van der Waals surface area contributed by atoms with Crippen molar-refractivity contribution in [2.45, 2.75) is 38.3 Å². The lowest BCUT2D eigenvalue weighted by Crippen LogP contribution is -2.30. The van der Waals surface area contributed by atoms with Gasteiger partial charge in [-0.2, -0.15) is 0 Å². The number of halogens is 1. The molecule has 5 heteroatoms. The van der Waals surface area contributed by atoms with Crippen molar-refractivity contribution < 1.29 is 9.50 Å². The van der Waals surface area contributed by atoms with Crippen LogP contribution in [0.5, 0.6) is 0 Å². The Bertz CT molecular complexity index is 481. The minimum absolute atomic E-state index is 0.225. The molecule has 0 radical (unpaired) electrons. The molecule has 1 aromatic rings. The van der Waals surface area contributed by atoms with Gasteiger partial charge in [-0.3, -0.25) is 4.90 Å². The number of thiocarbonyl (C=S) groups is 1. The highest BCUT2D eigenvalue weighted by atomic mass is 32.1. The largest absolute Gasteiger partial charge is 0.396 e. The lowest BCUT2D eigenvalue weighted by atomic mass is 10.0. The van der Waals surface area contributed by atoms with Crippen LogP contribution in [-0.4, -0.2) is 34.2 Å². The zero-order valence-electron chi connectivity index (χ0n) is 11.5. The summed E-state index contributed by atoms with van der Waals surface area (Å²) in [4.78, 5) is 2.65. The van der Waals surface area contributed by atoms with Crippen molar-refractivity contribution >= 4 is 17.2 Å². The smallest absolute Gasteiger partial charge is 0.123 e. The Morgan fingerprint density at radius 2 is 2.30 bits per heavy atom. The number of likely N-dealkylation sites (tertiary alicyclic amines) is 1. The van der Waals surface area contributed by atoms with Crippen LogP contribution in [0.3, 0.4) is 0 Å². The van der Waals surface area contributed by atoms with Gasteiger partial charge in [0, 0.05) is 24.8 Å². The van der Waals surface area contributed by atoms with Gasteiger partial charge in [-0.25, -0.2) is 4.39 Å². The first kappa shape index (κ1) is 15.4. The normalized spacial score (nSPS) is 19.4. The minimum Gasteiger partial charge on any atom is -0.396 e. The SMILES string of the molecule is NC(=S)c1ccc(F)cc1CN1CCCC1CCCO. The summed E-state index contributed by atoms with van der Waals surface area (Å²) in [5, 5.41) is 8.95. The summed E-state index contributed by atoms with van der Waals surface area (Å²) >= 11 is 5.04. The standard InChI is InChI=1S/C15H21FN2OS/c16-12-5-6-14(15(17)20)11(9-12)10-18-7-1-3-13(18)4-2-8-19/h5-6,9,13,19H,1-4,7-8,10H2,(H2,17,20). The molecule has 1 heterocycles. The van der Waals surface area contributed by atoms with Gasteiger partial charge in [0.25, 0.3) is 0 Å². The number of hydrogen-bond acceptors (Lipinski definition) is 3. The summed E-state index contributed by atoms with van der Waals surface area (Å²) in [6.07, 6.45) is 4.08. The summed E-state index contributed by atoms with van der Waals surface area (Å²) in [6, 6.07) is 5.04. The highest BCUT2D eigenvalue weighted by Crippen LogP contribution is 2.25. The first-order valence-corrected chi connectivity index (χ1v) is 7.45. The summed E-state index contributed by atoms with van der Waals surface area (Å²) in [7, 11) is 0. The van der Waals surface area contributed by atoms with E-state index >= 15 is 0 Å². The van der Waals surface area contributed by atoms with Crippen LogP contribution < -0.4 is 5.73 Å². The molecular formula is C15H21FN2OS. The molecule has 0 bridgehead atoms. The fourth-order valence-corrected chi connectivity index (χ4v) is 3.11. The fraction of sp³-hybridized carbons (Fsp3) is 0.533. The van der Waals surface area contributed by atoms with Gasteiger partial charge in [0.1, 0.15) is 10.8 Å². The number of rotatable bonds is 6. The molecule has 110 valence electrons. The van der Waals surface area contributed by atoms with E-state index in [-0.39, 0.29) is 12.4 Å². The summed E-state index contributed by atoms with van der Waals surface area (Å²) in [5.74, 6) is -0.258. The maximum absolute atomic E-state index is 13.4. The van der Waals surface area contributed by atoms with Gasteiger partial charge in [0.2, 0.25) is 0 Å². The van der Waals surface area contributed by atoms with Gasteiger partial charge in [0.15, 0.2) is 0 Å². The quantitative estimate of drug-likeness (QED) is 0.790. The van der Waals surface area contributed by atoms with Crippen molar-refractivity contribution in [3.8, 4) is 0 Å². The lowest BCUT2D eigenvalue weighted by Gasteiger charge is -2.25. The second-order valence-corrected chi connectivity index (χ2v) is 5.74. The van der Waals surface area contributed by atoms with Crippen LogP contribution in [0.1, 0.15) is 36.8 Å². The first-order chi connectivity index (χ1) is 9.61. The molecule has 3 N–H and O–H groups in total. The van der Waals surface area contributed by atoms with Gasteiger partial charge >= 0.3 is 0 Å². The monoisotopic (exact) mass is 296 g/mol. The highest BCUT2D eigenvalue weighted by molar-refractivity contribution is 7.80. The van der Waals surface area contributed by atoms with E-state index in [9.17, 15) is 4.39 Å². The van der Waals surface area contributed by atoms with E-state index in [1.54, 1.807) is 6.07 Å². The van der Waals surface area contributed by atoms with Crippen molar-refractivity contribution in [2.75, 3.05) is 13.2 Å². The van der Waals surface area contributed by atoms with E-state index in [0.29, 0.717) is 17.6 Å². The number of hydrogen-bond donors (Lipinski definition) is 2. The third kappa shape index (κ3) is 3.75. The zero-order chi connectivity index (χ0) is 14.5. The van der Waals surface area contributed by atoms with Crippen LogP contribution in [-0.2, 0) is 6.54 Å². The van der Waals surface area contributed by atoms with E-state index in [2.05, 4.69) is 4.90 Å². The second kappa shape index (κ2) is 7.11. The van der Waals surface area contributed by atoms with Crippen LogP contribution in [0.25, 0.3) is 0 Å². The second-order valence-electron chi connectivity index (χ2n) is 5.30. The molecule has 1 saturated heterocycles. The fourth-order valence-electron chi connectivity index (χ4n) is 2.91. The van der Waals surface area contributed by atoms with Gasteiger partial charge in [0.05, 0.1) is 0 Å². The number of aliphatic hydroxyl groups excluding tert-OH is 1. The molecule has 1 unspecified atom stereocenters. The Kier molecular flexibility index (Phi) is 5.46. The maximum Gasteiger partial charge on any atom is 0.123 e. The van der Waals surface area contributed by atoms with Crippen LogP contribution >= 0.6 is 12.2 Å². The van der Waals surface area contributed by atoms with Gasteiger partial charge in [-0.05, 0) is 56.0 Å². The number of aliphatic hydroxyl groups is 1. The Labute approximate surface area is 124 Å². The Morgan fingerprint density at radius 3 is 3.00 bits per heavy atom. The van der Waals surface area contributed by atoms with Gasteiger partial charge in [-0.1, -0.05) is 12.2 Å². The molecule has 1 fully saturated rings. The Morgan fingerprint density at radius 1 is 1.50 bits per heavy atom. The molecule has 1 aliphatic rings. The van der Waals surface area contributed by atoms with Crippen LogP contribution in [0.2, 0.25) is 0 Å². The van der Waals surface area contributed by atoms with E-state index in [1.807, 2.05) is 0 Å². The van der Waals surface area contributed by atoms with E-state index in [4.69, 9.17) is 23.1 Å². The van der Waals surface area contributed by atoms with Crippen molar-refractivity contribution in [1.29, 1.82) is 0 Å². The van der Waals surface area contributed by atoms with Crippen LogP contribution in [0, 0.1) is 5.82 Å². The summed E-state index contributed by atoms with van der Waals surface area (Å²) < 4.78 is 13.4. The zero-order valence-corrected chi connectivity index (χ0v) is 12.3. The molecule has 20 heavy (non-hydrogen) atoms. The average molecular weight is 296 g/mol. The number of nitrogens with two attached hydrogens (primary N) is 1. The molecule has 2 rings (SSSR count). The number of nitrogens with zero attached hydrogens (tertiary/aromatic N) is 1. The highest BCUT2D eigenvalue weighted by Gasteiger charge is 2.24. The third-order valence-electron chi connectivity index (χ3n) is 3.90. The molecule has 0 aromatic heterocycles. The lowest BCUT2D eigenvalue weighted by molar-refractivity contribution is 0.210. The third-order valence-corrected chi connectivity index (χ3v) is 4.12. The van der Waals surface area contributed by atoms with Crippen molar-refractivity contribution in [2.24, 2.45) is 5.73 Å². The van der Waals surface area contributed by atoms with E-state index in [1.165, 1.54) is 12.1 Å². The van der Waals surface area contributed by atoms with E-state index in [0.717, 1.165) is 43.4 Å². The predicted molar refractivity (Wildman–Crippen MR) is 82.0 cm³/mol. The Hall–Kier alpha value is -1.04. The average Bonchev–Trinajstić information content (AvgIpc) is 2.83. The molecule has 1 atom stereocenters. The van der Waals surface area contributed by atoms with Crippen LogP contribution in [0.4, 0.5) is 4.39 Å². The van der Waals surface area contributed by atoms with Crippen molar-refractivity contribution in [3.05, 3.63) is 35.1 Å². The van der Waals surface area contributed by atoms with Crippen molar-refractivity contribution in [1.82, 2.24) is 4.90 Å². The predicted octanol–water partition coefficient (Wildman–Crippen LogP) is 2.20. The molecule has 0 aliphatic carbocycles. The minimum atomic E-state index is -0.258. The molecule has 0 spiro atoms. The molecular weight excluding hydrogens is 275 g/mol. The van der Waals surface area contributed by atoms with E-state index < -0.39 is 0 Å². The maximum atomic E-state index is 13.4. The van der Waals surface area contributed by atoms with Gasteiger partial charge in [-0.15, -0.1) is 0 Å². The molecule has 1 aliphatic heterocycles. The first-order valence-electron chi connectivity index (χ1n) is 7.05.